The SMILES string of the molecule is COc1cc(Cl)nc(NC(=O)c2cc(C)cc(Cl)c2)n1. The van der Waals surface area contributed by atoms with Gasteiger partial charge in [0.1, 0.15) is 5.15 Å². The van der Waals surface area contributed by atoms with E-state index in [0.29, 0.717) is 10.6 Å². The lowest BCUT2D eigenvalue weighted by molar-refractivity contribution is 0.102. The Labute approximate surface area is 125 Å². The van der Waals surface area contributed by atoms with Gasteiger partial charge in [-0.3, -0.25) is 10.1 Å². The molecule has 2 aromatic rings. The second-order valence-corrected chi connectivity index (χ2v) is 4.85. The number of methoxy groups -OCH3 is 1. The zero-order chi connectivity index (χ0) is 14.7. The van der Waals surface area contributed by atoms with Gasteiger partial charge in [0.15, 0.2) is 0 Å². The Hall–Kier alpha value is -1.85. The average molecular weight is 312 g/mol. The maximum atomic E-state index is 12.1. The highest BCUT2D eigenvalue weighted by Crippen LogP contribution is 2.18. The van der Waals surface area contributed by atoms with E-state index in [2.05, 4.69) is 15.3 Å². The molecule has 0 fully saturated rings. The third-order valence-electron chi connectivity index (χ3n) is 2.41. The number of halogens is 2. The van der Waals surface area contributed by atoms with E-state index in [1.807, 2.05) is 6.92 Å². The molecule has 1 amide bonds. The van der Waals surface area contributed by atoms with Crippen molar-refractivity contribution in [1.29, 1.82) is 0 Å². The van der Waals surface area contributed by atoms with E-state index < -0.39 is 0 Å². The predicted octanol–water partition coefficient (Wildman–Crippen LogP) is 3.35. The first-order chi connectivity index (χ1) is 9.47. The topological polar surface area (TPSA) is 64.1 Å². The van der Waals surface area contributed by atoms with E-state index in [4.69, 9.17) is 27.9 Å². The van der Waals surface area contributed by atoms with Gasteiger partial charge in [0.05, 0.1) is 7.11 Å². The summed E-state index contributed by atoms with van der Waals surface area (Å²) in [6.45, 7) is 1.85. The molecule has 5 nitrogen and oxygen atoms in total. The molecular weight excluding hydrogens is 301 g/mol. The summed E-state index contributed by atoms with van der Waals surface area (Å²) in [5.41, 5.74) is 1.30. The van der Waals surface area contributed by atoms with Crippen LogP contribution >= 0.6 is 23.2 Å². The van der Waals surface area contributed by atoms with E-state index in [1.165, 1.54) is 13.2 Å². The molecule has 104 valence electrons. The molecule has 2 rings (SSSR count). The molecule has 0 saturated heterocycles. The van der Waals surface area contributed by atoms with Crippen molar-refractivity contribution in [2.24, 2.45) is 0 Å². The average Bonchev–Trinajstić information content (AvgIpc) is 2.36. The Morgan fingerprint density at radius 1 is 1.20 bits per heavy atom. The first-order valence-corrected chi connectivity index (χ1v) is 6.40. The van der Waals surface area contributed by atoms with Gasteiger partial charge in [-0.25, -0.2) is 4.98 Å². The maximum absolute atomic E-state index is 12.1. The van der Waals surface area contributed by atoms with Crippen molar-refractivity contribution in [3.8, 4) is 5.88 Å². The summed E-state index contributed by atoms with van der Waals surface area (Å²) in [7, 11) is 1.45. The van der Waals surface area contributed by atoms with Crippen LogP contribution in [0.2, 0.25) is 10.2 Å². The predicted molar refractivity (Wildman–Crippen MR) is 77.7 cm³/mol. The van der Waals surface area contributed by atoms with Crippen LogP contribution < -0.4 is 10.1 Å². The van der Waals surface area contributed by atoms with Gasteiger partial charge in [0, 0.05) is 16.7 Å². The van der Waals surface area contributed by atoms with Crippen molar-refractivity contribution >= 4 is 35.1 Å². The molecule has 1 aromatic heterocycles. The molecule has 0 aliphatic carbocycles. The molecule has 0 radical (unpaired) electrons. The Morgan fingerprint density at radius 2 is 1.95 bits per heavy atom. The molecule has 1 N–H and O–H groups in total. The van der Waals surface area contributed by atoms with Crippen molar-refractivity contribution in [2.75, 3.05) is 12.4 Å². The van der Waals surface area contributed by atoms with Crippen LogP contribution in [0.15, 0.2) is 24.3 Å². The minimum Gasteiger partial charge on any atom is -0.481 e. The number of nitrogens with one attached hydrogen (secondary N) is 1. The first-order valence-electron chi connectivity index (χ1n) is 5.65. The molecule has 0 spiro atoms. The minimum absolute atomic E-state index is 0.0666. The number of benzene rings is 1. The molecule has 1 aromatic carbocycles. The third-order valence-corrected chi connectivity index (χ3v) is 2.82. The van der Waals surface area contributed by atoms with Gasteiger partial charge in [-0.15, -0.1) is 0 Å². The molecule has 0 aliphatic rings. The molecule has 0 atom stereocenters. The van der Waals surface area contributed by atoms with Gasteiger partial charge < -0.3 is 4.74 Å². The van der Waals surface area contributed by atoms with Crippen LogP contribution in [0.4, 0.5) is 5.95 Å². The highest BCUT2D eigenvalue weighted by Gasteiger charge is 2.11. The number of ether oxygens (including phenoxy) is 1. The standard InChI is InChI=1S/C13H11Cl2N3O2/c1-7-3-8(5-9(14)4-7)12(19)18-13-16-10(15)6-11(17-13)20-2/h3-6H,1-2H3,(H,16,17,18,19). The number of hydrogen-bond donors (Lipinski definition) is 1. The van der Waals surface area contributed by atoms with Crippen LogP contribution in [0.3, 0.4) is 0 Å². The minimum atomic E-state index is -0.375. The first kappa shape index (κ1) is 14.6. The van der Waals surface area contributed by atoms with Crippen molar-refractivity contribution in [1.82, 2.24) is 9.97 Å². The molecule has 0 unspecified atom stereocenters. The summed E-state index contributed by atoms with van der Waals surface area (Å²) in [5.74, 6) is -0.0422. The van der Waals surface area contributed by atoms with Crippen LogP contribution in [-0.4, -0.2) is 23.0 Å². The van der Waals surface area contributed by atoms with E-state index in [1.54, 1.807) is 18.2 Å². The zero-order valence-corrected chi connectivity index (χ0v) is 12.3. The molecular formula is C13H11Cl2N3O2. The van der Waals surface area contributed by atoms with E-state index >= 15 is 0 Å². The van der Waals surface area contributed by atoms with Crippen LogP contribution in [0.25, 0.3) is 0 Å². The zero-order valence-electron chi connectivity index (χ0n) is 10.8. The normalized spacial score (nSPS) is 10.2. The Morgan fingerprint density at radius 3 is 2.60 bits per heavy atom. The van der Waals surface area contributed by atoms with Crippen molar-refractivity contribution in [2.45, 2.75) is 6.92 Å². The summed E-state index contributed by atoms with van der Waals surface area (Å²) < 4.78 is 4.95. The smallest absolute Gasteiger partial charge is 0.258 e. The molecule has 7 heteroatoms. The Balaban J connectivity index is 2.25. The van der Waals surface area contributed by atoms with Gasteiger partial charge >= 0.3 is 0 Å². The largest absolute Gasteiger partial charge is 0.481 e. The number of amides is 1. The third kappa shape index (κ3) is 3.59. The van der Waals surface area contributed by atoms with Crippen LogP contribution in [0.1, 0.15) is 15.9 Å². The van der Waals surface area contributed by atoms with Gasteiger partial charge in [-0.05, 0) is 30.7 Å². The molecule has 1 heterocycles. The monoisotopic (exact) mass is 311 g/mol. The van der Waals surface area contributed by atoms with Crippen LogP contribution in [0.5, 0.6) is 5.88 Å². The summed E-state index contributed by atoms with van der Waals surface area (Å²) in [6, 6.07) is 6.48. The number of carbonyl (C=O) groups excluding carboxylic acids is 1. The quantitative estimate of drug-likeness (QED) is 0.883. The molecule has 0 aliphatic heterocycles. The van der Waals surface area contributed by atoms with Crippen LogP contribution in [0, 0.1) is 6.92 Å². The lowest BCUT2D eigenvalue weighted by Crippen LogP contribution is -2.14. The summed E-state index contributed by atoms with van der Waals surface area (Å²) in [4.78, 5) is 20.0. The maximum Gasteiger partial charge on any atom is 0.258 e. The van der Waals surface area contributed by atoms with Gasteiger partial charge in [-0.2, -0.15) is 4.98 Å². The fourth-order valence-electron chi connectivity index (χ4n) is 1.60. The fraction of sp³-hybridized carbons (Fsp3) is 0.154. The second-order valence-electron chi connectivity index (χ2n) is 4.03. The van der Waals surface area contributed by atoms with Gasteiger partial charge in [0.25, 0.3) is 5.91 Å². The fourth-order valence-corrected chi connectivity index (χ4v) is 2.06. The van der Waals surface area contributed by atoms with Gasteiger partial charge in [0.2, 0.25) is 11.8 Å². The summed E-state index contributed by atoms with van der Waals surface area (Å²) in [5, 5.41) is 3.21. The second kappa shape index (κ2) is 6.07. The number of carbonyl (C=O) groups is 1. The number of rotatable bonds is 3. The summed E-state index contributed by atoms with van der Waals surface area (Å²) >= 11 is 11.7. The number of hydrogen-bond acceptors (Lipinski definition) is 4. The van der Waals surface area contributed by atoms with Gasteiger partial charge in [-0.1, -0.05) is 23.2 Å². The number of aromatic nitrogens is 2. The highest BCUT2D eigenvalue weighted by molar-refractivity contribution is 6.31. The van der Waals surface area contributed by atoms with Crippen molar-refractivity contribution < 1.29 is 9.53 Å². The number of nitrogens with zero attached hydrogens (tertiary/aromatic N) is 2. The van der Waals surface area contributed by atoms with Crippen LogP contribution in [-0.2, 0) is 0 Å². The lowest BCUT2D eigenvalue weighted by atomic mass is 10.1. The van der Waals surface area contributed by atoms with E-state index in [-0.39, 0.29) is 22.9 Å². The Bertz CT molecular complexity index is 642. The highest BCUT2D eigenvalue weighted by atomic mass is 35.5. The van der Waals surface area contributed by atoms with Crippen molar-refractivity contribution in [3.05, 3.63) is 45.6 Å². The molecule has 0 bridgehead atoms. The van der Waals surface area contributed by atoms with E-state index in [0.717, 1.165) is 5.56 Å². The molecule has 0 saturated carbocycles. The number of aryl methyl sites for hydroxylation is 1. The molecule has 20 heavy (non-hydrogen) atoms. The summed E-state index contributed by atoms with van der Waals surface area (Å²) in [6.07, 6.45) is 0. The van der Waals surface area contributed by atoms with E-state index in [9.17, 15) is 4.79 Å². The Kier molecular flexibility index (Phi) is 4.42. The van der Waals surface area contributed by atoms with Crippen molar-refractivity contribution in [3.63, 3.8) is 0 Å². The lowest BCUT2D eigenvalue weighted by Gasteiger charge is -2.07. The number of anilines is 1.